The lowest BCUT2D eigenvalue weighted by atomic mass is 9.90. The van der Waals surface area contributed by atoms with Crippen molar-refractivity contribution in [2.45, 2.75) is 13.8 Å². The van der Waals surface area contributed by atoms with E-state index in [0.717, 1.165) is 27.7 Å². The van der Waals surface area contributed by atoms with E-state index in [1.165, 1.54) is 38.8 Å². The lowest BCUT2D eigenvalue weighted by Crippen LogP contribution is -1.91. The number of benzene rings is 5. The lowest BCUT2D eigenvalue weighted by molar-refractivity contribution is 0.624. The van der Waals surface area contributed by atoms with Crippen molar-refractivity contribution in [3.8, 4) is 33.6 Å². The first-order valence-corrected chi connectivity index (χ1v) is 11.7. The van der Waals surface area contributed by atoms with Crippen LogP contribution in [-0.2, 0) is 0 Å². The third-order valence-electron chi connectivity index (χ3n) is 6.62. The van der Waals surface area contributed by atoms with Crippen LogP contribution in [0.25, 0.3) is 55.3 Å². The Morgan fingerprint density at radius 1 is 0.471 bits per heavy atom. The van der Waals surface area contributed by atoms with Crippen LogP contribution in [0.15, 0.2) is 120 Å². The average Bonchev–Trinajstić information content (AvgIpc) is 2.89. The zero-order chi connectivity index (χ0) is 23.1. The molecule has 0 bridgehead atoms. The quantitative estimate of drug-likeness (QED) is 0.198. The van der Waals surface area contributed by atoms with E-state index in [4.69, 9.17) is 4.42 Å². The molecule has 0 amide bonds. The predicted octanol–water partition coefficient (Wildman–Crippen LogP) is 9.48. The summed E-state index contributed by atoms with van der Waals surface area (Å²) in [5.41, 5.74) is 9.31. The van der Waals surface area contributed by atoms with Crippen LogP contribution in [0.3, 0.4) is 0 Å². The van der Waals surface area contributed by atoms with Crippen molar-refractivity contribution < 1.29 is 4.42 Å². The standard InChI is InChI=1S/C33H25O/c1-22-16-18-25(19-17-22)32-21-30(28-14-8-7-13-27(28)24-10-4-3-5-11-24)31-20-23(2)26-12-6-9-15-29(26)33(31)34-32/h3-21H,1-2H3/q+1. The van der Waals surface area contributed by atoms with E-state index in [1.807, 2.05) is 0 Å². The number of aryl methyl sites for hydroxylation is 2. The normalized spacial score (nSPS) is 11.2. The van der Waals surface area contributed by atoms with Gasteiger partial charge in [0.1, 0.15) is 0 Å². The molecule has 0 aliphatic heterocycles. The van der Waals surface area contributed by atoms with Crippen LogP contribution < -0.4 is 0 Å². The fraction of sp³-hybridized carbons (Fsp3) is 0.0606. The summed E-state index contributed by atoms with van der Waals surface area (Å²) >= 11 is 0. The molecule has 6 rings (SSSR count). The molecule has 1 aromatic heterocycles. The van der Waals surface area contributed by atoms with Crippen LogP contribution in [0, 0.1) is 13.8 Å². The van der Waals surface area contributed by atoms with Crippen LogP contribution in [0.2, 0.25) is 0 Å². The Hall–Kier alpha value is -4.23. The molecule has 0 saturated heterocycles. The van der Waals surface area contributed by atoms with Crippen LogP contribution in [0.1, 0.15) is 11.1 Å². The summed E-state index contributed by atoms with van der Waals surface area (Å²) in [7, 11) is 0. The van der Waals surface area contributed by atoms with Crippen molar-refractivity contribution in [2.24, 2.45) is 0 Å². The Balaban J connectivity index is 1.73. The van der Waals surface area contributed by atoms with E-state index >= 15 is 0 Å². The predicted molar refractivity (Wildman–Crippen MR) is 144 cm³/mol. The molecular formula is C33H25O+. The molecular weight excluding hydrogens is 412 g/mol. The first-order valence-electron chi connectivity index (χ1n) is 11.7. The fourth-order valence-corrected chi connectivity index (χ4v) is 4.86. The van der Waals surface area contributed by atoms with Crippen molar-refractivity contribution >= 4 is 21.7 Å². The zero-order valence-corrected chi connectivity index (χ0v) is 19.4. The molecule has 0 fully saturated rings. The highest BCUT2D eigenvalue weighted by Crippen LogP contribution is 2.41. The van der Waals surface area contributed by atoms with Gasteiger partial charge >= 0.3 is 11.3 Å². The first kappa shape index (κ1) is 20.4. The summed E-state index contributed by atoms with van der Waals surface area (Å²) in [6, 6.07) is 40.9. The molecule has 0 unspecified atom stereocenters. The molecule has 5 aromatic carbocycles. The highest BCUT2D eigenvalue weighted by molar-refractivity contribution is 6.11. The summed E-state index contributed by atoms with van der Waals surface area (Å²) in [4.78, 5) is 0. The van der Waals surface area contributed by atoms with Gasteiger partial charge in [0.25, 0.3) is 0 Å². The Bertz CT molecular complexity index is 1640. The van der Waals surface area contributed by atoms with Gasteiger partial charge in [0.05, 0.1) is 22.4 Å². The van der Waals surface area contributed by atoms with Gasteiger partial charge in [0, 0.05) is 5.56 Å². The Kier molecular flexibility index (Phi) is 4.96. The van der Waals surface area contributed by atoms with Crippen LogP contribution in [0.4, 0.5) is 0 Å². The molecule has 0 spiro atoms. The van der Waals surface area contributed by atoms with E-state index in [-0.39, 0.29) is 0 Å². The number of fused-ring (bicyclic) bond motifs is 3. The molecule has 0 aliphatic rings. The van der Waals surface area contributed by atoms with Gasteiger partial charge < -0.3 is 0 Å². The van der Waals surface area contributed by atoms with Gasteiger partial charge in [-0.05, 0) is 65.8 Å². The van der Waals surface area contributed by atoms with Gasteiger partial charge in [-0.15, -0.1) is 0 Å². The topological polar surface area (TPSA) is 11.3 Å². The molecule has 1 heteroatoms. The van der Waals surface area contributed by atoms with Crippen molar-refractivity contribution in [1.82, 2.24) is 0 Å². The molecule has 0 radical (unpaired) electrons. The van der Waals surface area contributed by atoms with Crippen LogP contribution in [0.5, 0.6) is 0 Å². The smallest absolute Gasteiger partial charge is 0.206 e. The highest BCUT2D eigenvalue weighted by atomic mass is 16.3. The van der Waals surface area contributed by atoms with E-state index < -0.39 is 0 Å². The number of hydrogen-bond donors (Lipinski definition) is 0. The maximum absolute atomic E-state index is 6.66. The largest absolute Gasteiger partial charge is 0.369 e. The van der Waals surface area contributed by atoms with Crippen molar-refractivity contribution in [3.63, 3.8) is 0 Å². The van der Waals surface area contributed by atoms with Gasteiger partial charge in [0.15, 0.2) is 0 Å². The monoisotopic (exact) mass is 437 g/mol. The van der Waals surface area contributed by atoms with Crippen molar-refractivity contribution in [1.29, 1.82) is 0 Å². The fourth-order valence-electron chi connectivity index (χ4n) is 4.86. The van der Waals surface area contributed by atoms with Gasteiger partial charge in [-0.25, -0.2) is 4.42 Å². The van der Waals surface area contributed by atoms with Gasteiger partial charge in [-0.2, -0.15) is 0 Å². The van der Waals surface area contributed by atoms with E-state index in [0.29, 0.717) is 0 Å². The molecule has 34 heavy (non-hydrogen) atoms. The molecule has 0 saturated carbocycles. The third kappa shape index (κ3) is 3.47. The second-order valence-electron chi connectivity index (χ2n) is 8.92. The summed E-state index contributed by atoms with van der Waals surface area (Å²) in [5, 5.41) is 3.50. The molecule has 1 nitrogen and oxygen atoms in total. The summed E-state index contributed by atoms with van der Waals surface area (Å²) in [5.74, 6) is 0.874. The first-order chi connectivity index (χ1) is 16.7. The van der Waals surface area contributed by atoms with Crippen molar-refractivity contribution in [2.75, 3.05) is 0 Å². The zero-order valence-electron chi connectivity index (χ0n) is 19.4. The minimum Gasteiger partial charge on any atom is -0.206 e. The van der Waals surface area contributed by atoms with Crippen molar-refractivity contribution in [3.05, 3.63) is 126 Å². The van der Waals surface area contributed by atoms with Gasteiger partial charge in [0.2, 0.25) is 0 Å². The molecule has 162 valence electrons. The van der Waals surface area contributed by atoms with E-state index in [9.17, 15) is 0 Å². The van der Waals surface area contributed by atoms with Crippen LogP contribution >= 0.6 is 0 Å². The maximum Gasteiger partial charge on any atom is 0.369 e. The second kappa shape index (κ2) is 8.28. The number of hydrogen-bond acceptors (Lipinski definition) is 0. The van der Waals surface area contributed by atoms with Gasteiger partial charge in [-0.1, -0.05) is 90.5 Å². The second-order valence-corrected chi connectivity index (χ2v) is 8.92. The summed E-state index contributed by atoms with van der Waals surface area (Å²) in [6.07, 6.45) is 0. The lowest BCUT2D eigenvalue weighted by Gasteiger charge is -2.12. The SMILES string of the molecule is Cc1ccc(-c2cc(-c3ccccc3-c3ccccc3)c3cc(C)c4ccccc4c3[o+]2)cc1. The highest BCUT2D eigenvalue weighted by Gasteiger charge is 2.24. The summed E-state index contributed by atoms with van der Waals surface area (Å²) < 4.78 is 6.66. The third-order valence-corrected chi connectivity index (χ3v) is 6.62. The minimum atomic E-state index is 0.874. The number of rotatable bonds is 3. The Labute approximate surface area is 200 Å². The molecule has 0 aliphatic carbocycles. The molecule has 0 N–H and O–H groups in total. The van der Waals surface area contributed by atoms with Gasteiger partial charge in [-0.3, -0.25) is 0 Å². The molecule has 6 aromatic rings. The Morgan fingerprint density at radius 2 is 1.12 bits per heavy atom. The van der Waals surface area contributed by atoms with E-state index in [2.05, 4.69) is 129 Å². The van der Waals surface area contributed by atoms with E-state index in [1.54, 1.807) is 0 Å². The molecule has 0 atom stereocenters. The Morgan fingerprint density at radius 3 is 1.88 bits per heavy atom. The minimum absolute atomic E-state index is 0.874. The van der Waals surface area contributed by atoms with Crippen LogP contribution in [-0.4, -0.2) is 0 Å². The average molecular weight is 438 g/mol. The molecule has 1 heterocycles. The maximum atomic E-state index is 6.66. The summed E-state index contributed by atoms with van der Waals surface area (Å²) in [6.45, 7) is 4.29.